The molecule has 0 amide bonds. The summed E-state index contributed by atoms with van der Waals surface area (Å²) in [6.07, 6.45) is 1.38. The van der Waals surface area contributed by atoms with Crippen LogP contribution in [0.25, 0.3) is 0 Å². The Morgan fingerprint density at radius 1 is 1.86 bits per heavy atom. The fourth-order valence-electron chi connectivity index (χ4n) is 0.318. The average molecular weight is 102 g/mol. The molecular weight excluding hydrogens is 92.1 g/mol. The van der Waals surface area contributed by atoms with Gasteiger partial charge < -0.3 is 9.53 Å². The number of aldehydes is 1. The molecule has 2 heteroatoms. The smallest absolute Gasteiger partial charge is 0.148 e. The van der Waals surface area contributed by atoms with E-state index in [9.17, 15) is 4.79 Å². The molecule has 2 nitrogen and oxygen atoms in total. The van der Waals surface area contributed by atoms with Crippen molar-refractivity contribution >= 4 is 6.29 Å². The van der Waals surface area contributed by atoms with Crippen LogP contribution in [0.1, 0.15) is 13.3 Å². The Kier molecular flexibility index (Phi) is 3.61. The molecule has 0 radical (unpaired) electrons. The van der Waals surface area contributed by atoms with Crippen LogP contribution in [0.2, 0.25) is 0 Å². The maximum Gasteiger partial charge on any atom is 0.148 e. The predicted octanol–water partition coefficient (Wildman–Crippen LogP) is 0.610. The molecule has 0 N–H and O–H groups in total. The Hall–Kier alpha value is -0.370. The molecule has 0 aromatic carbocycles. The van der Waals surface area contributed by atoms with Crippen LogP contribution >= 0.6 is 0 Å². The van der Waals surface area contributed by atoms with Crippen molar-refractivity contribution in [2.75, 3.05) is 7.11 Å². The topological polar surface area (TPSA) is 26.3 Å². The molecule has 0 heterocycles. The van der Waals surface area contributed by atoms with Crippen LogP contribution in [-0.2, 0) is 9.53 Å². The lowest BCUT2D eigenvalue weighted by Crippen LogP contribution is -2.08. The highest BCUT2D eigenvalue weighted by Gasteiger charge is 1.96. The highest BCUT2D eigenvalue weighted by atomic mass is 16.5. The summed E-state index contributed by atoms with van der Waals surface area (Å²) in [7, 11) is 1.53. The number of carbonyl (C=O) groups is 1. The van der Waals surface area contributed by atoms with Crippen molar-refractivity contribution in [3.05, 3.63) is 0 Å². The quantitative estimate of drug-likeness (QED) is 0.488. The average Bonchev–Trinajstić information content (AvgIpc) is 1.72. The Morgan fingerprint density at radius 2 is 2.43 bits per heavy atom. The van der Waals surface area contributed by atoms with Crippen LogP contribution in [0.5, 0.6) is 0 Å². The first kappa shape index (κ1) is 6.63. The normalized spacial score (nSPS) is 13.4. The van der Waals surface area contributed by atoms with Crippen molar-refractivity contribution in [3.8, 4) is 0 Å². The van der Waals surface area contributed by atoms with E-state index in [2.05, 4.69) is 4.74 Å². The lowest BCUT2D eigenvalue weighted by Gasteiger charge is -2.00. The van der Waals surface area contributed by atoms with Gasteiger partial charge in [0.05, 0.1) is 0 Å². The van der Waals surface area contributed by atoms with Crippen molar-refractivity contribution < 1.29 is 9.53 Å². The SMILES string of the molecule is CC[C@H](C=O)OC. The van der Waals surface area contributed by atoms with Gasteiger partial charge in [0.2, 0.25) is 0 Å². The van der Waals surface area contributed by atoms with E-state index in [1.54, 1.807) is 0 Å². The van der Waals surface area contributed by atoms with Crippen molar-refractivity contribution in [1.29, 1.82) is 0 Å². The molecule has 0 rings (SSSR count). The van der Waals surface area contributed by atoms with Crippen LogP contribution in [-0.4, -0.2) is 19.5 Å². The minimum atomic E-state index is -0.194. The van der Waals surface area contributed by atoms with Crippen molar-refractivity contribution in [2.45, 2.75) is 19.4 Å². The zero-order valence-electron chi connectivity index (χ0n) is 4.68. The number of carbonyl (C=O) groups excluding carboxylic acids is 1. The van der Waals surface area contributed by atoms with Crippen molar-refractivity contribution in [2.24, 2.45) is 0 Å². The molecular formula is C5H10O2. The maximum atomic E-state index is 9.84. The molecule has 42 valence electrons. The van der Waals surface area contributed by atoms with Crippen LogP contribution in [0.4, 0.5) is 0 Å². The van der Waals surface area contributed by atoms with Gasteiger partial charge >= 0.3 is 0 Å². The van der Waals surface area contributed by atoms with Gasteiger partial charge in [-0.15, -0.1) is 0 Å². The Morgan fingerprint density at radius 3 is 2.43 bits per heavy atom. The van der Waals surface area contributed by atoms with E-state index in [-0.39, 0.29) is 6.10 Å². The molecule has 0 aliphatic heterocycles. The third-order valence-electron chi connectivity index (χ3n) is 0.857. The Bertz CT molecular complexity index is 48.0. The van der Waals surface area contributed by atoms with Gasteiger partial charge in [0.25, 0.3) is 0 Å². The first-order valence-electron chi connectivity index (χ1n) is 2.33. The van der Waals surface area contributed by atoms with E-state index < -0.39 is 0 Å². The van der Waals surface area contributed by atoms with E-state index in [4.69, 9.17) is 0 Å². The van der Waals surface area contributed by atoms with E-state index in [0.29, 0.717) is 0 Å². The molecule has 0 bridgehead atoms. The van der Waals surface area contributed by atoms with E-state index in [0.717, 1.165) is 12.7 Å². The van der Waals surface area contributed by atoms with E-state index in [1.807, 2.05) is 6.92 Å². The molecule has 0 aliphatic carbocycles. The third-order valence-corrected chi connectivity index (χ3v) is 0.857. The minimum absolute atomic E-state index is 0.194. The number of methoxy groups -OCH3 is 1. The molecule has 0 unspecified atom stereocenters. The summed E-state index contributed by atoms with van der Waals surface area (Å²) in [6.45, 7) is 1.91. The zero-order valence-corrected chi connectivity index (χ0v) is 4.68. The molecule has 0 saturated heterocycles. The molecule has 1 atom stereocenters. The van der Waals surface area contributed by atoms with Crippen molar-refractivity contribution in [1.82, 2.24) is 0 Å². The summed E-state index contributed by atoms with van der Waals surface area (Å²) in [6, 6.07) is 0. The first-order valence-corrected chi connectivity index (χ1v) is 2.33. The van der Waals surface area contributed by atoms with E-state index >= 15 is 0 Å². The second-order valence-corrected chi connectivity index (χ2v) is 1.32. The molecule has 7 heavy (non-hydrogen) atoms. The molecule has 0 spiro atoms. The van der Waals surface area contributed by atoms with Gasteiger partial charge in [-0.05, 0) is 6.42 Å². The lowest BCUT2D eigenvalue weighted by atomic mass is 10.3. The summed E-state index contributed by atoms with van der Waals surface area (Å²) in [5, 5.41) is 0. The number of ether oxygens (including phenoxy) is 1. The van der Waals surface area contributed by atoms with Gasteiger partial charge in [-0.3, -0.25) is 0 Å². The first-order chi connectivity index (χ1) is 3.35. The van der Waals surface area contributed by atoms with E-state index in [1.165, 1.54) is 7.11 Å². The Balaban J connectivity index is 3.16. The summed E-state index contributed by atoms with van der Waals surface area (Å²) >= 11 is 0. The molecule has 0 fully saturated rings. The van der Waals surface area contributed by atoms with Gasteiger partial charge in [0.1, 0.15) is 12.4 Å². The fourth-order valence-corrected chi connectivity index (χ4v) is 0.318. The van der Waals surface area contributed by atoms with Crippen LogP contribution < -0.4 is 0 Å². The monoisotopic (exact) mass is 102 g/mol. The van der Waals surface area contributed by atoms with Crippen LogP contribution in [0, 0.1) is 0 Å². The maximum absolute atomic E-state index is 9.84. The van der Waals surface area contributed by atoms with Gasteiger partial charge in [0.15, 0.2) is 0 Å². The van der Waals surface area contributed by atoms with Gasteiger partial charge in [-0.2, -0.15) is 0 Å². The number of rotatable bonds is 3. The third kappa shape index (κ3) is 2.34. The standard InChI is InChI=1S/C5H10O2/c1-3-5(4-6)7-2/h4-5H,3H2,1-2H3/t5-/m1/s1. The van der Waals surface area contributed by atoms with Gasteiger partial charge in [-0.1, -0.05) is 6.92 Å². The highest BCUT2D eigenvalue weighted by Crippen LogP contribution is 1.88. The van der Waals surface area contributed by atoms with Gasteiger partial charge in [-0.25, -0.2) is 0 Å². The second kappa shape index (κ2) is 3.81. The number of hydrogen-bond acceptors (Lipinski definition) is 2. The summed E-state index contributed by atoms with van der Waals surface area (Å²) < 4.78 is 4.68. The van der Waals surface area contributed by atoms with Crippen LogP contribution in [0.3, 0.4) is 0 Å². The summed E-state index contributed by atoms with van der Waals surface area (Å²) in [4.78, 5) is 9.84. The summed E-state index contributed by atoms with van der Waals surface area (Å²) in [5.41, 5.74) is 0. The zero-order chi connectivity index (χ0) is 5.70. The van der Waals surface area contributed by atoms with Gasteiger partial charge in [0, 0.05) is 7.11 Å². The molecule has 0 aromatic heterocycles. The fraction of sp³-hybridized carbons (Fsp3) is 0.800. The Labute approximate surface area is 43.5 Å². The predicted molar refractivity (Wildman–Crippen MR) is 27.2 cm³/mol. The summed E-state index contributed by atoms with van der Waals surface area (Å²) in [5.74, 6) is 0. The molecule has 0 aliphatic rings. The number of hydrogen-bond donors (Lipinski definition) is 0. The van der Waals surface area contributed by atoms with Crippen LogP contribution in [0.15, 0.2) is 0 Å². The largest absolute Gasteiger partial charge is 0.374 e. The van der Waals surface area contributed by atoms with Crippen molar-refractivity contribution in [3.63, 3.8) is 0 Å². The molecule has 0 saturated carbocycles. The lowest BCUT2D eigenvalue weighted by molar-refractivity contribution is -0.116. The highest BCUT2D eigenvalue weighted by molar-refractivity contribution is 5.55. The molecule has 0 aromatic rings. The minimum Gasteiger partial charge on any atom is -0.374 e. The second-order valence-electron chi connectivity index (χ2n) is 1.32.